The standard InChI is InChI=1S/C17H13F3N2O2/c18-17(19,20)12-7-5-11(6-8-12)15(23)9-22-10-21-14-4-2-1-3-13(14)16(22)24/h1-8,10,15,23H,9H2/t15-/m0/s1. The second-order valence-corrected chi connectivity index (χ2v) is 5.35. The van der Waals surface area contributed by atoms with E-state index in [4.69, 9.17) is 0 Å². The molecule has 0 aliphatic rings. The van der Waals surface area contributed by atoms with Crippen LogP contribution in [0.3, 0.4) is 0 Å². The van der Waals surface area contributed by atoms with E-state index in [1.54, 1.807) is 24.3 Å². The van der Waals surface area contributed by atoms with Crippen LogP contribution in [-0.2, 0) is 12.7 Å². The predicted molar refractivity (Wildman–Crippen MR) is 82.4 cm³/mol. The summed E-state index contributed by atoms with van der Waals surface area (Å²) in [5.41, 5.74) is -0.264. The fraction of sp³-hybridized carbons (Fsp3) is 0.176. The summed E-state index contributed by atoms with van der Waals surface area (Å²) in [6.45, 7) is -0.0952. The number of fused-ring (bicyclic) bond motifs is 1. The van der Waals surface area contributed by atoms with Crippen molar-refractivity contribution in [3.63, 3.8) is 0 Å². The number of aromatic nitrogens is 2. The van der Waals surface area contributed by atoms with Crippen LogP contribution in [0.25, 0.3) is 10.9 Å². The highest BCUT2D eigenvalue weighted by molar-refractivity contribution is 5.76. The van der Waals surface area contributed by atoms with Crippen molar-refractivity contribution in [1.82, 2.24) is 9.55 Å². The summed E-state index contributed by atoms with van der Waals surface area (Å²) >= 11 is 0. The third-order valence-corrected chi connectivity index (χ3v) is 3.72. The van der Waals surface area contributed by atoms with Gasteiger partial charge in [0.15, 0.2) is 0 Å². The molecule has 0 amide bonds. The molecular formula is C17H13F3N2O2. The summed E-state index contributed by atoms with van der Waals surface area (Å²) in [5.74, 6) is 0. The zero-order chi connectivity index (χ0) is 17.3. The Kier molecular flexibility index (Phi) is 4.11. The molecule has 0 bridgehead atoms. The highest BCUT2D eigenvalue weighted by atomic mass is 19.4. The van der Waals surface area contributed by atoms with Crippen molar-refractivity contribution >= 4 is 10.9 Å². The van der Waals surface area contributed by atoms with Crippen LogP contribution < -0.4 is 5.56 Å². The molecule has 0 unspecified atom stereocenters. The van der Waals surface area contributed by atoms with Crippen LogP contribution in [0, 0.1) is 0 Å². The number of aliphatic hydroxyl groups is 1. The number of alkyl halides is 3. The van der Waals surface area contributed by atoms with Crippen molar-refractivity contribution in [3.05, 3.63) is 76.3 Å². The Bertz CT molecular complexity index is 918. The fourth-order valence-electron chi connectivity index (χ4n) is 2.42. The number of nitrogens with zero attached hydrogens (tertiary/aromatic N) is 2. The van der Waals surface area contributed by atoms with Gasteiger partial charge in [-0.15, -0.1) is 0 Å². The summed E-state index contributed by atoms with van der Waals surface area (Å²) in [6, 6.07) is 11.0. The quantitative estimate of drug-likeness (QED) is 0.800. The van der Waals surface area contributed by atoms with Gasteiger partial charge in [0.25, 0.3) is 5.56 Å². The number of rotatable bonds is 3. The molecule has 1 heterocycles. The average molecular weight is 334 g/mol. The monoisotopic (exact) mass is 334 g/mol. The SMILES string of the molecule is O=c1c2ccccc2ncn1C[C@H](O)c1ccc(C(F)(F)F)cc1. The van der Waals surface area contributed by atoms with Crippen molar-refractivity contribution in [2.75, 3.05) is 0 Å². The number of hydrogen-bond donors (Lipinski definition) is 1. The van der Waals surface area contributed by atoms with Gasteiger partial charge in [0.1, 0.15) is 0 Å². The maximum Gasteiger partial charge on any atom is 0.416 e. The van der Waals surface area contributed by atoms with Gasteiger partial charge >= 0.3 is 6.18 Å². The zero-order valence-corrected chi connectivity index (χ0v) is 12.4. The normalized spacial score (nSPS) is 13.2. The van der Waals surface area contributed by atoms with Crippen LogP contribution >= 0.6 is 0 Å². The summed E-state index contributed by atoms with van der Waals surface area (Å²) in [6.07, 6.45) is -4.23. The number of benzene rings is 2. The minimum Gasteiger partial charge on any atom is -0.387 e. The molecule has 1 atom stereocenters. The topological polar surface area (TPSA) is 55.1 Å². The van der Waals surface area contributed by atoms with E-state index >= 15 is 0 Å². The molecule has 4 nitrogen and oxygen atoms in total. The van der Waals surface area contributed by atoms with Crippen LogP contribution in [0.1, 0.15) is 17.2 Å². The number of aliphatic hydroxyl groups excluding tert-OH is 1. The van der Waals surface area contributed by atoms with Crippen molar-refractivity contribution in [3.8, 4) is 0 Å². The Morgan fingerprint density at radius 1 is 1.08 bits per heavy atom. The summed E-state index contributed by atoms with van der Waals surface area (Å²) in [5, 5.41) is 10.6. The van der Waals surface area contributed by atoms with Gasteiger partial charge < -0.3 is 5.11 Å². The van der Waals surface area contributed by atoms with E-state index in [1.165, 1.54) is 23.0 Å². The molecule has 124 valence electrons. The first-order valence-corrected chi connectivity index (χ1v) is 7.15. The van der Waals surface area contributed by atoms with Gasteiger partial charge in [-0.25, -0.2) is 4.98 Å². The largest absolute Gasteiger partial charge is 0.416 e. The fourth-order valence-corrected chi connectivity index (χ4v) is 2.42. The second kappa shape index (κ2) is 6.09. The molecule has 0 fully saturated rings. The van der Waals surface area contributed by atoms with Gasteiger partial charge in [-0.2, -0.15) is 13.2 Å². The molecule has 0 aliphatic heterocycles. The lowest BCUT2D eigenvalue weighted by atomic mass is 10.1. The van der Waals surface area contributed by atoms with Crippen LogP contribution in [0.15, 0.2) is 59.7 Å². The van der Waals surface area contributed by atoms with Gasteiger partial charge in [-0.1, -0.05) is 24.3 Å². The van der Waals surface area contributed by atoms with Crippen LogP contribution in [0.2, 0.25) is 0 Å². The first-order chi connectivity index (χ1) is 11.4. The van der Waals surface area contributed by atoms with E-state index in [-0.39, 0.29) is 12.1 Å². The van der Waals surface area contributed by atoms with Crippen LogP contribution in [0.4, 0.5) is 13.2 Å². The number of halogens is 3. The Hall–Kier alpha value is -2.67. The molecule has 0 radical (unpaired) electrons. The minimum absolute atomic E-state index is 0.0952. The molecule has 0 saturated heterocycles. The molecule has 3 rings (SSSR count). The lowest BCUT2D eigenvalue weighted by Gasteiger charge is -2.14. The highest BCUT2D eigenvalue weighted by Crippen LogP contribution is 2.30. The zero-order valence-electron chi connectivity index (χ0n) is 12.4. The molecule has 3 aromatic rings. The molecule has 7 heteroatoms. The molecule has 1 N–H and O–H groups in total. The van der Waals surface area contributed by atoms with Crippen molar-refractivity contribution < 1.29 is 18.3 Å². The van der Waals surface area contributed by atoms with Crippen LogP contribution in [-0.4, -0.2) is 14.7 Å². The van der Waals surface area contributed by atoms with Gasteiger partial charge in [-0.05, 0) is 29.8 Å². The molecular weight excluding hydrogens is 321 g/mol. The molecule has 1 aromatic heterocycles. The van der Waals surface area contributed by atoms with Crippen molar-refractivity contribution in [2.45, 2.75) is 18.8 Å². The lowest BCUT2D eigenvalue weighted by molar-refractivity contribution is -0.137. The van der Waals surface area contributed by atoms with Crippen molar-refractivity contribution in [2.24, 2.45) is 0 Å². The second-order valence-electron chi connectivity index (χ2n) is 5.35. The first kappa shape index (κ1) is 16.2. The maximum absolute atomic E-state index is 12.6. The maximum atomic E-state index is 12.6. The van der Waals surface area contributed by atoms with Gasteiger partial charge in [0, 0.05) is 0 Å². The van der Waals surface area contributed by atoms with E-state index in [0.717, 1.165) is 12.1 Å². The third-order valence-electron chi connectivity index (χ3n) is 3.72. The van der Waals surface area contributed by atoms with E-state index in [0.29, 0.717) is 16.5 Å². The number of hydrogen-bond acceptors (Lipinski definition) is 3. The Morgan fingerprint density at radius 3 is 2.42 bits per heavy atom. The average Bonchev–Trinajstić information content (AvgIpc) is 2.57. The summed E-state index contributed by atoms with van der Waals surface area (Å²) in [4.78, 5) is 16.5. The smallest absolute Gasteiger partial charge is 0.387 e. The minimum atomic E-state index is -4.43. The van der Waals surface area contributed by atoms with E-state index in [2.05, 4.69) is 4.98 Å². The molecule has 0 aliphatic carbocycles. The third kappa shape index (κ3) is 3.16. The van der Waals surface area contributed by atoms with Crippen LogP contribution in [0.5, 0.6) is 0 Å². The first-order valence-electron chi connectivity index (χ1n) is 7.15. The molecule has 0 saturated carbocycles. The van der Waals surface area contributed by atoms with Gasteiger partial charge in [0.2, 0.25) is 0 Å². The molecule has 2 aromatic carbocycles. The lowest BCUT2D eigenvalue weighted by Crippen LogP contribution is -2.23. The van der Waals surface area contributed by atoms with Gasteiger partial charge in [-0.3, -0.25) is 9.36 Å². The molecule has 0 spiro atoms. The Labute approximate surface area is 134 Å². The predicted octanol–water partition coefficient (Wildman–Crippen LogP) is 3.15. The van der Waals surface area contributed by atoms with Gasteiger partial charge in [0.05, 0.1) is 35.4 Å². The van der Waals surface area contributed by atoms with E-state index in [9.17, 15) is 23.1 Å². The van der Waals surface area contributed by atoms with Crippen molar-refractivity contribution in [1.29, 1.82) is 0 Å². The number of para-hydroxylation sites is 1. The molecule has 24 heavy (non-hydrogen) atoms. The highest BCUT2D eigenvalue weighted by Gasteiger charge is 2.30. The summed E-state index contributed by atoms with van der Waals surface area (Å²) in [7, 11) is 0. The Morgan fingerprint density at radius 2 is 1.75 bits per heavy atom. The van der Waals surface area contributed by atoms with E-state index < -0.39 is 17.8 Å². The van der Waals surface area contributed by atoms with E-state index in [1.807, 2.05) is 0 Å². The summed E-state index contributed by atoms with van der Waals surface area (Å²) < 4.78 is 38.9. The Balaban J connectivity index is 1.86.